The maximum absolute atomic E-state index is 14.6. The Morgan fingerprint density at radius 2 is 1.88 bits per heavy atom. The van der Waals surface area contributed by atoms with Gasteiger partial charge < -0.3 is 14.5 Å². The SMILES string of the molecule is O=C(c1cc(Cc2c[nH]c(=O)c3cc(Cl)c(Cl)n23)ccc1F)N1CCC(n2cnnc2)CC1. The predicted molar refractivity (Wildman–Crippen MR) is 121 cm³/mol. The molecule has 0 atom stereocenters. The predicted octanol–water partition coefficient (Wildman–Crippen LogP) is 3.73. The number of H-pyrrole nitrogens is 1. The zero-order valence-electron chi connectivity index (χ0n) is 17.3. The van der Waals surface area contributed by atoms with Crippen LogP contribution in [-0.4, -0.2) is 48.0 Å². The molecular formula is C22H19Cl2FN6O2. The number of carbonyl (C=O) groups is 1. The minimum Gasteiger partial charge on any atom is -0.338 e. The van der Waals surface area contributed by atoms with Gasteiger partial charge in [-0.2, -0.15) is 0 Å². The molecule has 0 radical (unpaired) electrons. The van der Waals surface area contributed by atoms with Crippen LogP contribution < -0.4 is 5.56 Å². The van der Waals surface area contributed by atoms with Gasteiger partial charge in [0.2, 0.25) is 0 Å². The summed E-state index contributed by atoms with van der Waals surface area (Å²) in [6.45, 7) is 1.03. The number of hydrogen-bond acceptors (Lipinski definition) is 4. The molecule has 0 unspecified atom stereocenters. The first-order valence-corrected chi connectivity index (χ1v) is 11.2. The van der Waals surface area contributed by atoms with Crippen molar-refractivity contribution in [3.8, 4) is 0 Å². The van der Waals surface area contributed by atoms with Crippen molar-refractivity contribution in [3.63, 3.8) is 0 Å². The van der Waals surface area contributed by atoms with Gasteiger partial charge >= 0.3 is 0 Å². The molecule has 8 nitrogen and oxygen atoms in total. The van der Waals surface area contributed by atoms with E-state index in [1.807, 2.05) is 4.57 Å². The third kappa shape index (κ3) is 4.02. The molecule has 1 amide bonds. The number of nitrogens with zero attached hydrogens (tertiary/aromatic N) is 5. The number of halogens is 3. The fourth-order valence-electron chi connectivity index (χ4n) is 4.31. The molecule has 170 valence electrons. The number of nitrogens with one attached hydrogen (secondary N) is 1. The average Bonchev–Trinajstić information content (AvgIpc) is 3.46. The molecule has 5 rings (SSSR count). The summed E-state index contributed by atoms with van der Waals surface area (Å²) >= 11 is 12.4. The zero-order chi connectivity index (χ0) is 23.1. The van der Waals surface area contributed by atoms with Crippen LogP contribution in [0.4, 0.5) is 4.39 Å². The fourth-order valence-corrected chi connectivity index (χ4v) is 4.75. The van der Waals surface area contributed by atoms with E-state index in [0.717, 1.165) is 12.8 Å². The van der Waals surface area contributed by atoms with E-state index in [1.54, 1.807) is 34.1 Å². The van der Waals surface area contributed by atoms with E-state index in [1.165, 1.54) is 18.3 Å². The summed E-state index contributed by atoms with van der Waals surface area (Å²) in [6.07, 6.45) is 6.68. The highest BCUT2D eigenvalue weighted by atomic mass is 35.5. The van der Waals surface area contributed by atoms with E-state index in [4.69, 9.17) is 23.2 Å². The lowest BCUT2D eigenvalue weighted by Gasteiger charge is -2.32. The summed E-state index contributed by atoms with van der Waals surface area (Å²) in [4.78, 5) is 29.5. The number of likely N-dealkylation sites (tertiary alicyclic amines) is 1. The van der Waals surface area contributed by atoms with Gasteiger partial charge in [-0.1, -0.05) is 29.3 Å². The Labute approximate surface area is 197 Å². The summed E-state index contributed by atoms with van der Waals surface area (Å²) < 4.78 is 18.1. The van der Waals surface area contributed by atoms with Crippen LogP contribution in [-0.2, 0) is 6.42 Å². The van der Waals surface area contributed by atoms with Crippen molar-refractivity contribution in [2.75, 3.05) is 13.1 Å². The Balaban J connectivity index is 1.38. The molecule has 1 aliphatic heterocycles. The normalized spacial score (nSPS) is 14.8. The molecule has 0 spiro atoms. The minimum absolute atomic E-state index is 0.0209. The molecule has 0 aliphatic carbocycles. The molecule has 1 saturated heterocycles. The van der Waals surface area contributed by atoms with Gasteiger partial charge in [0.25, 0.3) is 11.5 Å². The molecule has 1 N–H and O–H groups in total. The lowest BCUT2D eigenvalue weighted by molar-refractivity contribution is 0.0689. The molecular weight excluding hydrogens is 470 g/mol. The van der Waals surface area contributed by atoms with Crippen molar-refractivity contribution in [2.45, 2.75) is 25.3 Å². The van der Waals surface area contributed by atoms with Gasteiger partial charge in [0, 0.05) is 37.4 Å². The maximum Gasteiger partial charge on any atom is 0.272 e. The number of carbonyl (C=O) groups excluding carboxylic acids is 1. The Morgan fingerprint density at radius 1 is 1.15 bits per heavy atom. The van der Waals surface area contributed by atoms with E-state index in [2.05, 4.69) is 15.2 Å². The maximum atomic E-state index is 14.6. The molecule has 1 fully saturated rings. The van der Waals surface area contributed by atoms with Crippen LogP contribution in [0.25, 0.3) is 5.52 Å². The van der Waals surface area contributed by atoms with Crippen molar-refractivity contribution < 1.29 is 9.18 Å². The monoisotopic (exact) mass is 488 g/mol. The van der Waals surface area contributed by atoms with E-state index in [9.17, 15) is 14.0 Å². The van der Waals surface area contributed by atoms with E-state index >= 15 is 0 Å². The molecule has 4 aromatic rings. The van der Waals surface area contributed by atoms with Crippen LogP contribution >= 0.6 is 23.2 Å². The first-order valence-electron chi connectivity index (χ1n) is 10.4. The summed E-state index contributed by atoms with van der Waals surface area (Å²) in [5.74, 6) is -0.913. The first kappa shape index (κ1) is 21.7. The van der Waals surface area contributed by atoms with Gasteiger partial charge in [-0.25, -0.2) is 4.39 Å². The Kier molecular flexibility index (Phi) is 5.67. The van der Waals surface area contributed by atoms with E-state index < -0.39 is 5.82 Å². The largest absolute Gasteiger partial charge is 0.338 e. The number of benzene rings is 1. The van der Waals surface area contributed by atoms with Crippen molar-refractivity contribution in [1.82, 2.24) is 29.0 Å². The quantitative estimate of drug-likeness (QED) is 0.473. The number of fused-ring (bicyclic) bond motifs is 1. The second-order valence-corrected chi connectivity index (χ2v) is 8.80. The highest BCUT2D eigenvalue weighted by Crippen LogP contribution is 2.28. The van der Waals surface area contributed by atoms with Gasteiger partial charge in [0.15, 0.2) is 0 Å². The third-order valence-corrected chi connectivity index (χ3v) is 6.80. The van der Waals surface area contributed by atoms with E-state index in [-0.39, 0.29) is 33.2 Å². The Bertz CT molecular complexity index is 1390. The summed E-state index contributed by atoms with van der Waals surface area (Å²) in [5.41, 5.74) is 1.37. The molecule has 0 bridgehead atoms. The number of aromatic amines is 1. The van der Waals surface area contributed by atoms with Gasteiger partial charge in [-0.15, -0.1) is 10.2 Å². The first-order chi connectivity index (χ1) is 15.9. The number of piperidine rings is 1. The number of amides is 1. The number of hydrogen-bond donors (Lipinski definition) is 1. The third-order valence-electron chi connectivity index (χ3n) is 6.04. The van der Waals surface area contributed by atoms with Crippen LogP contribution in [0.15, 0.2) is 47.9 Å². The van der Waals surface area contributed by atoms with Crippen molar-refractivity contribution in [3.05, 3.63) is 86.3 Å². The number of aromatic nitrogens is 5. The summed E-state index contributed by atoms with van der Waals surface area (Å²) in [6, 6.07) is 6.18. The molecule has 1 aliphatic rings. The molecule has 3 aromatic heterocycles. The molecule has 4 heterocycles. The van der Waals surface area contributed by atoms with Crippen LogP contribution in [0.3, 0.4) is 0 Å². The van der Waals surface area contributed by atoms with Crippen molar-refractivity contribution in [1.29, 1.82) is 0 Å². The van der Waals surface area contributed by atoms with Crippen LogP contribution in [0.5, 0.6) is 0 Å². The van der Waals surface area contributed by atoms with Gasteiger partial charge in [0.1, 0.15) is 29.1 Å². The van der Waals surface area contributed by atoms with Crippen molar-refractivity contribution >= 4 is 34.6 Å². The van der Waals surface area contributed by atoms with Gasteiger partial charge in [-0.05, 0) is 36.6 Å². The lowest BCUT2D eigenvalue weighted by Crippen LogP contribution is -2.39. The second-order valence-electron chi connectivity index (χ2n) is 8.04. The Hall–Kier alpha value is -3.17. The lowest BCUT2D eigenvalue weighted by atomic mass is 10.0. The van der Waals surface area contributed by atoms with Gasteiger partial charge in [0.05, 0.1) is 10.6 Å². The minimum atomic E-state index is -0.571. The topological polar surface area (TPSA) is 88.3 Å². The van der Waals surface area contributed by atoms with Gasteiger partial charge in [-0.3, -0.25) is 14.0 Å². The molecule has 11 heteroatoms. The molecule has 0 saturated carbocycles. The average molecular weight is 489 g/mol. The highest BCUT2D eigenvalue weighted by molar-refractivity contribution is 6.42. The zero-order valence-corrected chi connectivity index (χ0v) is 18.9. The second kappa shape index (κ2) is 8.64. The van der Waals surface area contributed by atoms with E-state index in [0.29, 0.717) is 36.3 Å². The van der Waals surface area contributed by atoms with Crippen molar-refractivity contribution in [2.24, 2.45) is 0 Å². The highest BCUT2D eigenvalue weighted by Gasteiger charge is 2.26. The van der Waals surface area contributed by atoms with Crippen LogP contribution in [0.1, 0.15) is 40.5 Å². The Morgan fingerprint density at radius 3 is 2.61 bits per heavy atom. The smallest absolute Gasteiger partial charge is 0.272 e. The molecule has 33 heavy (non-hydrogen) atoms. The van der Waals surface area contributed by atoms with Crippen LogP contribution in [0, 0.1) is 5.82 Å². The van der Waals surface area contributed by atoms with Crippen LogP contribution in [0.2, 0.25) is 10.2 Å². The summed E-state index contributed by atoms with van der Waals surface area (Å²) in [5, 5.41) is 8.15. The summed E-state index contributed by atoms with van der Waals surface area (Å²) in [7, 11) is 0. The standard InChI is InChI=1S/C22H19Cl2FN6O2/c23-17-9-19-21(32)26-10-15(31(19)20(17)24)7-13-1-2-18(25)16(8-13)22(33)29-5-3-14(4-6-29)30-11-27-28-12-30/h1-2,8-12,14H,3-7H2,(H,26,32). The fraction of sp³-hybridized carbons (Fsp3) is 0.273. The molecule has 1 aromatic carbocycles. The number of rotatable bonds is 4.